The summed E-state index contributed by atoms with van der Waals surface area (Å²) in [6, 6.07) is 0.433. The van der Waals surface area contributed by atoms with Gasteiger partial charge in [0.25, 0.3) is 5.91 Å². The molecule has 8 heteroatoms. The summed E-state index contributed by atoms with van der Waals surface area (Å²) in [7, 11) is 0. The molecule has 8 nitrogen and oxygen atoms in total. The first kappa shape index (κ1) is 26.3. The largest absolute Gasteiger partial charge is 0.477 e. The maximum Gasteiger partial charge on any atom is 0.258 e. The Labute approximate surface area is 221 Å². The van der Waals surface area contributed by atoms with Crippen molar-refractivity contribution in [1.29, 1.82) is 0 Å². The SMILES string of the molecule is CC(C)COc1c(C(=O)NC2C3CC4CC(C3)CC2C4)cnn1/C=C/C(C)(C)C(=O)N1CCC(N)CC1. The van der Waals surface area contributed by atoms with Crippen LogP contribution in [0.4, 0.5) is 0 Å². The van der Waals surface area contributed by atoms with E-state index >= 15 is 0 Å². The summed E-state index contributed by atoms with van der Waals surface area (Å²) in [5, 5.41) is 7.88. The van der Waals surface area contributed by atoms with Crippen molar-refractivity contribution in [3.8, 4) is 5.88 Å². The Balaban J connectivity index is 1.31. The van der Waals surface area contributed by atoms with Crippen LogP contribution >= 0.6 is 0 Å². The minimum atomic E-state index is -0.717. The summed E-state index contributed by atoms with van der Waals surface area (Å²) in [5.41, 5.74) is 5.77. The molecular formula is C29H45N5O3. The third-order valence-electron chi connectivity index (χ3n) is 9.08. The number of carbonyl (C=O) groups is 2. The van der Waals surface area contributed by atoms with Crippen LogP contribution in [0.3, 0.4) is 0 Å². The molecular weight excluding hydrogens is 466 g/mol. The predicted molar refractivity (Wildman–Crippen MR) is 144 cm³/mol. The van der Waals surface area contributed by atoms with E-state index in [4.69, 9.17) is 10.5 Å². The number of ether oxygens (including phenoxy) is 1. The molecule has 0 aromatic carbocycles. The van der Waals surface area contributed by atoms with Gasteiger partial charge in [0, 0.05) is 31.4 Å². The highest BCUT2D eigenvalue weighted by atomic mass is 16.5. The average Bonchev–Trinajstić information content (AvgIpc) is 3.26. The van der Waals surface area contributed by atoms with Crippen LogP contribution in [0.5, 0.6) is 5.88 Å². The normalized spacial score (nSPS) is 29.9. The quantitative estimate of drug-likeness (QED) is 0.551. The fourth-order valence-corrected chi connectivity index (χ4v) is 7.23. The van der Waals surface area contributed by atoms with E-state index in [0.717, 1.165) is 24.7 Å². The van der Waals surface area contributed by atoms with Gasteiger partial charge in [-0.2, -0.15) is 5.10 Å². The van der Waals surface area contributed by atoms with Crippen LogP contribution in [0, 0.1) is 35.0 Å². The lowest BCUT2D eigenvalue weighted by Crippen LogP contribution is -2.55. The number of piperidine rings is 1. The maximum atomic E-state index is 13.5. The minimum absolute atomic E-state index is 0.0762. The van der Waals surface area contributed by atoms with Crippen molar-refractivity contribution in [3.05, 3.63) is 17.8 Å². The highest BCUT2D eigenvalue weighted by molar-refractivity contribution is 5.96. The summed E-state index contributed by atoms with van der Waals surface area (Å²) in [6.07, 6.45) is 13.3. The van der Waals surface area contributed by atoms with Crippen molar-refractivity contribution >= 4 is 18.0 Å². The molecule has 5 fully saturated rings. The van der Waals surface area contributed by atoms with Crippen molar-refractivity contribution in [2.45, 2.75) is 84.7 Å². The molecule has 0 atom stereocenters. The van der Waals surface area contributed by atoms with E-state index in [2.05, 4.69) is 24.3 Å². The maximum absolute atomic E-state index is 13.5. The fraction of sp³-hybridized carbons (Fsp3) is 0.759. The van der Waals surface area contributed by atoms with Crippen LogP contribution in [-0.2, 0) is 4.79 Å². The topological polar surface area (TPSA) is 102 Å². The number of nitrogens with two attached hydrogens (primary N) is 1. The van der Waals surface area contributed by atoms with Gasteiger partial charge >= 0.3 is 0 Å². The molecule has 1 aliphatic heterocycles. The number of rotatable bonds is 8. The van der Waals surface area contributed by atoms with Gasteiger partial charge in [-0.25, -0.2) is 4.68 Å². The van der Waals surface area contributed by atoms with Crippen molar-refractivity contribution in [2.24, 2.45) is 40.7 Å². The Bertz CT molecular complexity index is 993. The lowest BCUT2D eigenvalue weighted by atomic mass is 9.54. The third kappa shape index (κ3) is 5.59. The van der Waals surface area contributed by atoms with Crippen LogP contribution in [0.25, 0.3) is 6.20 Å². The molecule has 1 aromatic heterocycles. The molecule has 0 radical (unpaired) electrons. The van der Waals surface area contributed by atoms with Crippen molar-refractivity contribution in [2.75, 3.05) is 19.7 Å². The number of nitrogens with one attached hydrogen (secondary N) is 1. The van der Waals surface area contributed by atoms with Crippen molar-refractivity contribution < 1.29 is 14.3 Å². The highest BCUT2D eigenvalue weighted by Gasteiger charge is 2.48. The molecule has 3 N–H and O–H groups in total. The van der Waals surface area contributed by atoms with Gasteiger partial charge < -0.3 is 20.7 Å². The second-order valence-electron chi connectivity index (χ2n) is 13.1. The molecule has 1 aromatic rings. The second kappa shape index (κ2) is 10.4. The first-order valence-electron chi connectivity index (χ1n) is 14.4. The Kier molecular flexibility index (Phi) is 7.40. The Morgan fingerprint density at radius 2 is 1.76 bits per heavy atom. The van der Waals surface area contributed by atoms with E-state index in [1.54, 1.807) is 17.1 Å². The van der Waals surface area contributed by atoms with Gasteiger partial charge in [-0.1, -0.05) is 19.9 Å². The zero-order valence-electron chi connectivity index (χ0n) is 23.0. The van der Waals surface area contributed by atoms with Crippen LogP contribution in [0.15, 0.2) is 12.3 Å². The fourth-order valence-electron chi connectivity index (χ4n) is 7.23. The van der Waals surface area contributed by atoms with Gasteiger partial charge in [-0.15, -0.1) is 0 Å². The molecule has 4 bridgehead atoms. The summed E-state index contributed by atoms with van der Waals surface area (Å²) in [4.78, 5) is 28.6. The van der Waals surface area contributed by atoms with Crippen LogP contribution < -0.4 is 15.8 Å². The Morgan fingerprint density at radius 1 is 1.14 bits per heavy atom. The molecule has 0 spiro atoms. The lowest BCUT2D eigenvalue weighted by Gasteiger charge is -2.54. The van der Waals surface area contributed by atoms with Crippen LogP contribution in [-0.4, -0.2) is 58.3 Å². The Hall–Kier alpha value is -2.35. The van der Waals surface area contributed by atoms with E-state index < -0.39 is 5.41 Å². The third-order valence-corrected chi connectivity index (χ3v) is 9.08. The number of nitrogens with zero attached hydrogens (tertiary/aromatic N) is 3. The number of aromatic nitrogens is 2. The lowest BCUT2D eigenvalue weighted by molar-refractivity contribution is -0.138. The molecule has 4 aliphatic carbocycles. The summed E-state index contributed by atoms with van der Waals surface area (Å²) in [5.74, 6) is 3.65. The minimum Gasteiger partial charge on any atom is -0.477 e. The standard InChI is InChI=1S/C29H45N5O3/c1-18(2)17-37-27-24(26(35)32-25-21-12-19-11-20(14-21)15-22(25)13-19)16-31-34(27)10-7-29(3,4)28(36)33-8-5-23(30)6-9-33/h7,10,16,18-23,25H,5-6,8-9,11-15,17,30H2,1-4H3,(H,32,35)/b10-7+. The number of hydrogen-bond acceptors (Lipinski definition) is 5. The molecule has 37 heavy (non-hydrogen) atoms. The predicted octanol–water partition coefficient (Wildman–Crippen LogP) is 3.92. The first-order valence-corrected chi connectivity index (χ1v) is 14.4. The number of carbonyl (C=O) groups excluding carboxylic acids is 2. The van der Waals surface area contributed by atoms with E-state index in [9.17, 15) is 9.59 Å². The first-order chi connectivity index (χ1) is 17.6. The zero-order valence-corrected chi connectivity index (χ0v) is 23.0. The molecule has 2 amide bonds. The number of hydrogen-bond donors (Lipinski definition) is 2. The van der Waals surface area contributed by atoms with E-state index in [0.29, 0.717) is 48.9 Å². The summed E-state index contributed by atoms with van der Waals surface area (Å²) < 4.78 is 7.74. The molecule has 5 aliphatic rings. The summed E-state index contributed by atoms with van der Waals surface area (Å²) >= 11 is 0. The van der Waals surface area contributed by atoms with Crippen LogP contribution in [0.2, 0.25) is 0 Å². The van der Waals surface area contributed by atoms with E-state index in [1.165, 1.54) is 32.1 Å². The molecule has 1 saturated heterocycles. The second-order valence-corrected chi connectivity index (χ2v) is 13.1. The average molecular weight is 512 g/mol. The van der Waals surface area contributed by atoms with Gasteiger partial charge in [0.15, 0.2) is 0 Å². The molecule has 4 saturated carbocycles. The highest BCUT2D eigenvalue weighted by Crippen LogP contribution is 2.53. The van der Waals surface area contributed by atoms with Gasteiger partial charge in [0.05, 0.1) is 18.2 Å². The molecule has 0 unspecified atom stereocenters. The van der Waals surface area contributed by atoms with Gasteiger partial charge in [0.1, 0.15) is 5.56 Å². The van der Waals surface area contributed by atoms with Crippen molar-refractivity contribution in [1.82, 2.24) is 20.0 Å². The van der Waals surface area contributed by atoms with Gasteiger partial charge in [0.2, 0.25) is 11.8 Å². The zero-order chi connectivity index (χ0) is 26.3. The molecule has 204 valence electrons. The Morgan fingerprint density at radius 3 is 2.35 bits per heavy atom. The van der Waals surface area contributed by atoms with Crippen molar-refractivity contribution in [3.63, 3.8) is 0 Å². The van der Waals surface area contributed by atoms with E-state index in [-0.39, 0.29) is 23.9 Å². The summed E-state index contributed by atoms with van der Waals surface area (Å²) in [6.45, 7) is 9.85. The monoisotopic (exact) mass is 511 g/mol. The van der Waals surface area contributed by atoms with E-state index in [1.807, 2.05) is 24.8 Å². The van der Waals surface area contributed by atoms with Gasteiger partial charge in [-0.05, 0) is 88.4 Å². The molecule has 6 rings (SSSR count). The van der Waals surface area contributed by atoms with Gasteiger partial charge in [-0.3, -0.25) is 9.59 Å². The number of amides is 2. The smallest absolute Gasteiger partial charge is 0.258 e. The number of likely N-dealkylation sites (tertiary alicyclic amines) is 1. The molecule has 2 heterocycles. The van der Waals surface area contributed by atoms with Crippen LogP contribution in [0.1, 0.15) is 83.0 Å².